The number of benzene rings is 1. The molecule has 0 aliphatic rings. The monoisotopic (exact) mass is 350 g/mol. The van der Waals surface area contributed by atoms with E-state index in [1.165, 1.54) is 0 Å². The molecule has 4 rings (SSSR count). The van der Waals surface area contributed by atoms with Crippen molar-refractivity contribution < 1.29 is 4.74 Å². The lowest BCUT2D eigenvalue weighted by molar-refractivity contribution is 0.412. The van der Waals surface area contributed by atoms with Gasteiger partial charge in [-0.1, -0.05) is 26.0 Å². The van der Waals surface area contributed by atoms with Crippen LogP contribution in [0.5, 0.6) is 5.75 Å². The van der Waals surface area contributed by atoms with Gasteiger partial charge in [-0.25, -0.2) is 19.9 Å². The van der Waals surface area contributed by atoms with Crippen LogP contribution in [0, 0.1) is 6.92 Å². The van der Waals surface area contributed by atoms with E-state index in [2.05, 4.69) is 23.8 Å². The summed E-state index contributed by atoms with van der Waals surface area (Å²) in [5.41, 5.74) is 4.76. The van der Waals surface area contributed by atoms with Gasteiger partial charge < -0.3 is 4.74 Å². The minimum Gasteiger partial charge on any atom is -0.496 e. The van der Waals surface area contributed by atoms with Gasteiger partial charge in [0.15, 0.2) is 5.82 Å². The highest BCUT2D eigenvalue weighted by Gasteiger charge is 2.19. The number of hydrogen-bond donors (Lipinski definition) is 0. The molecule has 0 spiro atoms. The predicted octanol–water partition coefficient (Wildman–Crippen LogP) is 4.74. The summed E-state index contributed by atoms with van der Waals surface area (Å²) in [5.74, 6) is 1.82. The van der Waals surface area contributed by atoms with E-state index < -0.39 is 0 Å². The molecule has 0 saturated heterocycles. The molecule has 3 heterocycles. The minimum atomic E-state index is 0.281. The number of nitrogens with zero attached hydrogens (tertiary/aromatic N) is 4. The fraction of sp³-hybridized carbons (Fsp3) is 0.263. The quantitative estimate of drug-likeness (QED) is 0.534. The summed E-state index contributed by atoms with van der Waals surface area (Å²) < 4.78 is 6.52. The van der Waals surface area contributed by atoms with Gasteiger partial charge in [0.1, 0.15) is 21.6 Å². The van der Waals surface area contributed by atoms with Crippen molar-refractivity contribution in [2.24, 2.45) is 0 Å². The van der Waals surface area contributed by atoms with Gasteiger partial charge in [-0.05, 0) is 18.9 Å². The van der Waals surface area contributed by atoms with Crippen LogP contribution >= 0.6 is 11.3 Å². The third kappa shape index (κ3) is 2.53. The summed E-state index contributed by atoms with van der Waals surface area (Å²) in [7, 11) is 1.68. The first-order valence-electron chi connectivity index (χ1n) is 8.15. The summed E-state index contributed by atoms with van der Waals surface area (Å²) >= 11 is 1.61. The summed E-state index contributed by atoms with van der Waals surface area (Å²) in [6.07, 6.45) is 3.43. The molecule has 126 valence electrons. The molecular formula is C19H18N4OS. The first kappa shape index (κ1) is 15.9. The maximum atomic E-state index is 5.45. The van der Waals surface area contributed by atoms with Gasteiger partial charge >= 0.3 is 0 Å². The summed E-state index contributed by atoms with van der Waals surface area (Å²) in [5, 5.41) is 0. The molecule has 0 aliphatic carbocycles. The summed E-state index contributed by atoms with van der Waals surface area (Å²) in [6, 6.07) is 5.95. The van der Waals surface area contributed by atoms with Crippen LogP contribution in [0.15, 0.2) is 30.6 Å². The lowest BCUT2D eigenvalue weighted by atomic mass is 10.1. The predicted molar refractivity (Wildman–Crippen MR) is 101 cm³/mol. The molecule has 25 heavy (non-hydrogen) atoms. The van der Waals surface area contributed by atoms with Crippen molar-refractivity contribution >= 4 is 31.9 Å². The smallest absolute Gasteiger partial charge is 0.160 e. The van der Waals surface area contributed by atoms with E-state index in [0.717, 1.165) is 43.1 Å². The van der Waals surface area contributed by atoms with Gasteiger partial charge in [0, 0.05) is 23.5 Å². The van der Waals surface area contributed by atoms with Gasteiger partial charge in [0.05, 0.1) is 17.5 Å². The van der Waals surface area contributed by atoms with E-state index in [1.807, 2.05) is 25.1 Å². The Kier molecular flexibility index (Phi) is 3.84. The summed E-state index contributed by atoms with van der Waals surface area (Å²) in [6.45, 7) is 6.33. The van der Waals surface area contributed by atoms with Crippen molar-refractivity contribution in [1.82, 2.24) is 19.9 Å². The van der Waals surface area contributed by atoms with Crippen LogP contribution < -0.4 is 4.74 Å². The number of aromatic nitrogens is 4. The van der Waals surface area contributed by atoms with E-state index >= 15 is 0 Å². The van der Waals surface area contributed by atoms with E-state index in [9.17, 15) is 0 Å². The molecule has 1 aromatic carbocycles. The molecule has 5 nitrogen and oxygen atoms in total. The van der Waals surface area contributed by atoms with Gasteiger partial charge in [-0.15, -0.1) is 11.3 Å². The molecule has 0 N–H and O–H groups in total. The molecule has 0 amide bonds. The lowest BCUT2D eigenvalue weighted by Gasteiger charge is -2.12. The fourth-order valence-electron chi connectivity index (χ4n) is 2.98. The van der Waals surface area contributed by atoms with Crippen molar-refractivity contribution in [1.29, 1.82) is 0 Å². The van der Waals surface area contributed by atoms with Crippen molar-refractivity contribution in [2.75, 3.05) is 7.11 Å². The van der Waals surface area contributed by atoms with E-state index in [1.54, 1.807) is 30.8 Å². The van der Waals surface area contributed by atoms with Gasteiger partial charge in [0.25, 0.3) is 0 Å². The highest BCUT2D eigenvalue weighted by molar-refractivity contribution is 7.25. The Morgan fingerprint density at radius 1 is 1.04 bits per heavy atom. The first-order chi connectivity index (χ1) is 12.1. The molecule has 4 aromatic rings. The fourth-order valence-corrected chi connectivity index (χ4v) is 4.16. The molecule has 0 aliphatic heterocycles. The second-order valence-corrected chi connectivity index (χ2v) is 7.21. The van der Waals surface area contributed by atoms with E-state index in [-0.39, 0.29) is 5.92 Å². The topological polar surface area (TPSA) is 60.8 Å². The highest BCUT2D eigenvalue weighted by atomic mass is 32.1. The maximum Gasteiger partial charge on any atom is 0.160 e. The molecule has 0 saturated carbocycles. The first-order valence-corrected chi connectivity index (χ1v) is 8.97. The molecule has 0 radical (unpaired) electrons. The Morgan fingerprint density at radius 2 is 1.84 bits per heavy atom. The largest absolute Gasteiger partial charge is 0.496 e. The van der Waals surface area contributed by atoms with Crippen LogP contribution in [0.25, 0.3) is 32.0 Å². The zero-order chi connectivity index (χ0) is 17.6. The third-order valence-corrected chi connectivity index (χ3v) is 5.37. The van der Waals surface area contributed by atoms with Crippen LogP contribution in [-0.4, -0.2) is 27.0 Å². The standard InChI is InChI=1S/C19H18N4OS/c1-10(2)14-17-15(16-19(25-17)21-9-8-20-16)23-18(22-14)12-6-5-7-13(24-4)11(12)3/h5-10H,1-4H3. The molecule has 3 aromatic heterocycles. The second kappa shape index (κ2) is 6.04. The van der Waals surface area contributed by atoms with Crippen LogP contribution in [0.3, 0.4) is 0 Å². The van der Waals surface area contributed by atoms with Crippen molar-refractivity contribution in [2.45, 2.75) is 26.7 Å². The number of fused-ring (bicyclic) bond motifs is 3. The maximum absolute atomic E-state index is 5.45. The van der Waals surface area contributed by atoms with Gasteiger partial charge in [-0.2, -0.15) is 0 Å². The van der Waals surface area contributed by atoms with Crippen molar-refractivity contribution in [3.8, 4) is 17.1 Å². The SMILES string of the molecule is COc1cccc(-c2nc(C(C)C)c3sc4nccnc4c3n2)c1C. The lowest BCUT2D eigenvalue weighted by Crippen LogP contribution is -2.00. The van der Waals surface area contributed by atoms with Crippen LogP contribution in [0.2, 0.25) is 0 Å². The van der Waals surface area contributed by atoms with Gasteiger partial charge in [0.2, 0.25) is 0 Å². The Hall–Kier alpha value is -2.60. The Morgan fingerprint density at radius 3 is 2.60 bits per heavy atom. The van der Waals surface area contributed by atoms with E-state index in [4.69, 9.17) is 14.7 Å². The normalized spacial score (nSPS) is 11.6. The zero-order valence-corrected chi connectivity index (χ0v) is 15.4. The third-order valence-electron chi connectivity index (χ3n) is 4.27. The zero-order valence-electron chi connectivity index (χ0n) is 14.6. The Labute approximate surface area is 149 Å². The summed E-state index contributed by atoms with van der Waals surface area (Å²) in [4.78, 5) is 19.6. The number of thiophene rings is 1. The number of hydrogen-bond acceptors (Lipinski definition) is 6. The number of methoxy groups -OCH3 is 1. The molecule has 0 unspecified atom stereocenters. The molecule has 0 fully saturated rings. The van der Waals surface area contributed by atoms with Crippen LogP contribution in [-0.2, 0) is 0 Å². The van der Waals surface area contributed by atoms with Crippen LogP contribution in [0.1, 0.15) is 31.0 Å². The molecule has 0 atom stereocenters. The van der Waals surface area contributed by atoms with Gasteiger partial charge in [-0.3, -0.25) is 0 Å². The average molecular weight is 350 g/mol. The number of rotatable bonds is 3. The second-order valence-electron chi connectivity index (χ2n) is 6.21. The highest BCUT2D eigenvalue weighted by Crippen LogP contribution is 2.37. The molecular weight excluding hydrogens is 332 g/mol. The van der Waals surface area contributed by atoms with Crippen molar-refractivity contribution in [3.63, 3.8) is 0 Å². The molecule has 0 bridgehead atoms. The Bertz CT molecular complexity index is 1090. The number of ether oxygens (including phenoxy) is 1. The average Bonchev–Trinajstić information content (AvgIpc) is 2.99. The Balaban J connectivity index is 2.07. The van der Waals surface area contributed by atoms with Crippen LogP contribution in [0.4, 0.5) is 0 Å². The van der Waals surface area contributed by atoms with Crippen molar-refractivity contribution in [3.05, 3.63) is 41.9 Å². The van der Waals surface area contributed by atoms with E-state index in [0.29, 0.717) is 5.82 Å². The minimum absolute atomic E-state index is 0.281. The molecule has 6 heteroatoms.